The number of hydrogen-bond donors (Lipinski definition) is 1. The van der Waals surface area contributed by atoms with Crippen LogP contribution in [-0.2, 0) is 9.53 Å². The Labute approximate surface area is 120 Å². The molecule has 1 amide bonds. The summed E-state index contributed by atoms with van der Waals surface area (Å²) >= 11 is 0. The van der Waals surface area contributed by atoms with E-state index < -0.39 is 0 Å². The molecule has 2 aliphatic rings. The summed E-state index contributed by atoms with van der Waals surface area (Å²) in [6, 6.07) is 10.2. The van der Waals surface area contributed by atoms with Crippen LogP contribution >= 0.6 is 0 Å². The minimum absolute atomic E-state index is 0.0189. The largest absolute Gasteiger partial charge is 0.370 e. The second-order valence-corrected chi connectivity index (χ2v) is 5.60. The van der Waals surface area contributed by atoms with Crippen LogP contribution < -0.4 is 5.32 Å². The van der Waals surface area contributed by atoms with Crippen molar-refractivity contribution in [3.05, 3.63) is 35.9 Å². The second-order valence-electron chi connectivity index (χ2n) is 5.60. The summed E-state index contributed by atoms with van der Waals surface area (Å²) in [5.41, 5.74) is 1.16. The molecule has 0 aliphatic carbocycles. The Balaban J connectivity index is 1.64. The van der Waals surface area contributed by atoms with E-state index in [2.05, 4.69) is 17.4 Å². The van der Waals surface area contributed by atoms with Gasteiger partial charge in [-0.1, -0.05) is 30.3 Å². The molecule has 1 aromatic carbocycles. The fraction of sp³-hybridized carbons (Fsp3) is 0.562. The Hall–Kier alpha value is -1.39. The molecule has 3 rings (SSSR count). The van der Waals surface area contributed by atoms with Gasteiger partial charge in [0.25, 0.3) is 0 Å². The summed E-state index contributed by atoms with van der Waals surface area (Å²) < 4.78 is 5.82. The molecule has 0 aromatic heterocycles. The van der Waals surface area contributed by atoms with Gasteiger partial charge in [-0.15, -0.1) is 0 Å². The van der Waals surface area contributed by atoms with Crippen molar-refractivity contribution in [3.63, 3.8) is 0 Å². The van der Waals surface area contributed by atoms with Gasteiger partial charge in [-0.3, -0.25) is 4.79 Å². The SMILES string of the molecule is O=C(C1CCCNC1)N1CCOC(c2ccccc2)C1. The van der Waals surface area contributed by atoms with Crippen LogP contribution in [-0.4, -0.2) is 43.6 Å². The average Bonchev–Trinajstić information content (AvgIpc) is 2.56. The fourth-order valence-corrected chi connectivity index (χ4v) is 3.04. The summed E-state index contributed by atoms with van der Waals surface area (Å²) in [5.74, 6) is 0.444. The molecule has 2 unspecified atom stereocenters. The highest BCUT2D eigenvalue weighted by molar-refractivity contribution is 5.79. The Morgan fingerprint density at radius 1 is 1.30 bits per heavy atom. The van der Waals surface area contributed by atoms with E-state index in [1.54, 1.807) is 0 Å². The quantitative estimate of drug-likeness (QED) is 0.890. The average molecular weight is 274 g/mol. The summed E-state index contributed by atoms with van der Waals surface area (Å²) in [6.45, 7) is 3.90. The number of nitrogens with one attached hydrogen (secondary N) is 1. The van der Waals surface area contributed by atoms with Crippen LogP contribution in [0.2, 0.25) is 0 Å². The van der Waals surface area contributed by atoms with E-state index in [9.17, 15) is 4.79 Å². The van der Waals surface area contributed by atoms with Gasteiger partial charge in [0.1, 0.15) is 6.10 Å². The summed E-state index contributed by atoms with van der Waals surface area (Å²) in [5, 5.41) is 3.32. The highest BCUT2D eigenvalue weighted by Gasteiger charge is 2.30. The van der Waals surface area contributed by atoms with Crippen molar-refractivity contribution in [3.8, 4) is 0 Å². The molecule has 1 aromatic rings. The smallest absolute Gasteiger partial charge is 0.227 e. The molecule has 2 fully saturated rings. The number of nitrogens with zero attached hydrogens (tertiary/aromatic N) is 1. The number of amides is 1. The van der Waals surface area contributed by atoms with Crippen LogP contribution in [0.5, 0.6) is 0 Å². The Morgan fingerprint density at radius 2 is 2.15 bits per heavy atom. The zero-order valence-electron chi connectivity index (χ0n) is 11.8. The summed E-state index contributed by atoms with van der Waals surface area (Å²) in [6.07, 6.45) is 2.13. The first-order valence-corrected chi connectivity index (χ1v) is 7.50. The van der Waals surface area contributed by atoms with Crippen molar-refractivity contribution in [2.75, 3.05) is 32.8 Å². The molecule has 0 radical (unpaired) electrons. The Kier molecular flexibility index (Phi) is 4.33. The van der Waals surface area contributed by atoms with Crippen LogP contribution in [0.3, 0.4) is 0 Å². The molecule has 2 heterocycles. The maximum absolute atomic E-state index is 12.6. The first-order chi connectivity index (χ1) is 9.84. The molecule has 108 valence electrons. The van der Waals surface area contributed by atoms with Crippen molar-refractivity contribution in [2.24, 2.45) is 5.92 Å². The van der Waals surface area contributed by atoms with E-state index in [-0.39, 0.29) is 12.0 Å². The van der Waals surface area contributed by atoms with Crippen LogP contribution in [0.25, 0.3) is 0 Å². The van der Waals surface area contributed by atoms with Gasteiger partial charge in [-0.25, -0.2) is 0 Å². The molecule has 4 heteroatoms. The van der Waals surface area contributed by atoms with Gasteiger partial charge in [0.05, 0.1) is 19.1 Å². The zero-order chi connectivity index (χ0) is 13.8. The number of rotatable bonds is 2. The number of piperidine rings is 1. The maximum atomic E-state index is 12.6. The van der Waals surface area contributed by atoms with Crippen LogP contribution in [0, 0.1) is 5.92 Å². The van der Waals surface area contributed by atoms with Crippen molar-refractivity contribution in [1.82, 2.24) is 10.2 Å². The van der Waals surface area contributed by atoms with E-state index in [4.69, 9.17) is 4.74 Å². The predicted molar refractivity (Wildman–Crippen MR) is 77.3 cm³/mol. The third kappa shape index (κ3) is 3.02. The molecule has 20 heavy (non-hydrogen) atoms. The number of morpholine rings is 1. The number of benzene rings is 1. The maximum Gasteiger partial charge on any atom is 0.227 e. The lowest BCUT2D eigenvalue weighted by molar-refractivity contribution is -0.143. The van der Waals surface area contributed by atoms with Gasteiger partial charge < -0.3 is 15.0 Å². The van der Waals surface area contributed by atoms with E-state index in [1.807, 2.05) is 23.1 Å². The fourth-order valence-electron chi connectivity index (χ4n) is 3.04. The minimum atomic E-state index is 0.0189. The van der Waals surface area contributed by atoms with Gasteiger partial charge in [-0.05, 0) is 24.9 Å². The van der Waals surface area contributed by atoms with Crippen molar-refractivity contribution in [2.45, 2.75) is 18.9 Å². The number of carbonyl (C=O) groups is 1. The molecule has 0 saturated carbocycles. The molecule has 2 aliphatic heterocycles. The highest BCUT2D eigenvalue weighted by atomic mass is 16.5. The molecule has 1 N–H and O–H groups in total. The van der Waals surface area contributed by atoms with Gasteiger partial charge in [0.15, 0.2) is 0 Å². The second kappa shape index (κ2) is 6.37. The normalized spacial score (nSPS) is 27.3. The van der Waals surface area contributed by atoms with E-state index in [0.29, 0.717) is 19.1 Å². The van der Waals surface area contributed by atoms with Gasteiger partial charge >= 0.3 is 0 Å². The Bertz CT molecular complexity index is 443. The number of ether oxygens (including phenoxy) is 1. The third-order valence-electron chi connectivity index (χ3n) is 4.20. The summed E-state index contributed by atoms with van der Waals surface area (Å²) in [4.78, 5) is 14.5. The topological polar surface area (TPSA) is 41.6 Å². The van der Waals surface area contributed by atoms with E-state index in [1.165, 1.54) is 0 Å². The number of carbonyl (C=O) groups excluding carboxylic acids is 1. The molecule has 0 bridgehead atoms. The standard InChI is InChI=1S/C16H22N2O2/c19-16(14-7-4-8-17-11-14)18-9-10-20-15(12-18)13-5-2-1-3-6-13/h1-3,5-6,14-15,17H,4,7-12H2. The lowest BCUT2D eigenvalue weighted by Crippen LogP contribution is -2.48. The minimum Gasteiger partial charge on any atom is -0.370 e. The van der Waals surface area contributed by atoms with Gasteiger partial charge in [0.2, 0.25) is 5.91 Å². The van der Waals surface area contributed by atoms with Crippen LogP contribution in [0.4, 0.5) is 0 Å². The van der Waals surface area contributed by atoms with Crippen molar-refractivity contribution >= 4 is 5.91 Å². The first kappa shape index (κ1) is 13.6. The monoisotopic (exact) mass is 274 g/mol. The first-order valence-electron chi connectivity index (χ1n) is 7.50. The Morgan fingerprint density at radius 3 is 2.90 bits per heavy atom. The molecule has 0 spiro atoms. The molecular formula is C16H22N2O2. The highest BCUT2D eigenvalue weighted by Crippen LogP contribution is 2.24. The van der Waals surface area contributed by atoms with Crippen molar-refractivity contribution < 1.29 is 9.53 Å². The molecule has 4 nitrogen and oxygen atoms in total. The van der Waals surface area contributed by atoms with Crippen LogP contribution in [0.1, 0.15) is 24.5 Å². The van der Waals surface area contributed by atoms with Gasteiger partial charge in [-0.2, -0.15) is 0 Å². The van der Waals surface area contributed by atoms with E-state index in [0.717, 1.165) is 38.0 Å². The lowest BCUT2D eigenvalue weighted by atomic mass is 9.97. The van der Waals surface area contributed by atoms with Crippen LogP contribution in [0.15, 0.2) is 30.3 Å². The molecule has 2 atom stereocenters. The lowest BCUT2D eigenvalue weighted by Gasteiger charge is -2.36. The molecule has 2 saturated heterocycles. The van der Waals surface area contributed by atoms with Gasteiger partial charge in [0, 0.05) is 13.1 Å². The van der Waals surface area contributed by atoms with Crippen molar-refractivity contribution in [1.29, 1.82) is 0 Å². The third-order valence-corrected chi connectivity index (χ3v) is 4.20. The predicted octanol–water partition coefficient (Wildman–Crippen LogP) is 1.59. The summed E-state index contributed by atoms with van der Waals surface area (Å²) in [7, 11) is 0. The zero-order valence-corrected chi connectivity index (χ0v) is 11.8. The number of hydrogen-bond acceptors (Lipinski definition) is 3. The van der Waals surface area contributed by atoms with E-state index >= 15 is 0 Å². The molecular weight excluding hydrogens is 252 g/mol.